The van der Waals surface area contributed by atoms with Crippen LogP contribution in [0.4, 0.5) is 0 Å². The summed E-state index contributed by atoms with van der Waals surface area (Å²) in [5, 5.41) is 0. The zero-order valence-electron chi connectivity index (χ0n) is 13.4. The minimum Gasteiger partial charge on any atom is -0.493 e. The molecule has 0 N–H and O–H groups in total. The van der Waals surface area contributed by atoms with E-state index in [-0.39, 0.29) is 5.78 Å². The number of ether oxygens (including phenoxy) is 3. The summed E-state index contributed by atoms with van der Waals surface area (Å²) in [6.07, 6.45) is 2.50. The van der Waals surface area contributed by atoms with Crippen molar-refractivity contribution in [2.45, 2.75) is 6.42 Å². The van der Waals surface area contributed by atoms with Gasteiger partial charge in [0.2, 0.25) is 5.75 Å². The van der Waals surface area contributed by atoms with E-state index in [2.05, 4.69) is 0 Å². The molecule has 4 nitrogen and oxygen atoms in total. The van der Waals surface area contributed by atoms with Crippen molar-refractivity contribution in [3.63, 3.8) is 0 Å². The molecule has 0 heterocycles. The van der Waals surface area contributed by atoms with Gasteiger partial charge >= 0.3 is 0 Å². The fourth-order valence-corrected chi connectivity index (χ4v) is 2.90. The summed E-state index contributed by atoms with van der Waals surface area (Å²) < 4.78 is 16.1. The number of carbonyl (C=O) groups is 1. The van der Waals surface area contributed by atoms with Crippen molar-refractivity contribution in [1.82, 2.24) is 0 Å². The van der Waals surface area contributed by atoms with Crippen molar-refractivity contribution < 1.29 is 19.0 Å². The summed E-state index contributed by atoms with van der Waals surface area (Å²) in [7, 11) is 4.71. The predicted molar refractivity (Wildman–Crippen MR) is 88.6 cm³/mol. The molecule has 0 saturated heterocycles. The maximum absolute atomic E-state index is 12.5. The van der Waals surface area contributed by atoms with E-state index in [4.69, 9.17) is 14.2 Å². The molecule has 118 valence electrons. The molecule has 0 fully saturated rings. The van der Waals surface area contributed by atoms with Gasteiger partial charge in [0.05, 0.1) is 21.3 Å². The van der Waals surface area contributed by atoms with Crippen molar-refractivity contribution in [2.24, 2.45) is 0 Å². The average molecular weight is 310 g/mol. The highest BCUT2D eigenvalue weighted by atomic mass is 16.5. The summed E-state index contributed by atoms with van der Waals surface area (Å²) >= 11 is 0. The van der Waals surface area contributed by atoms with E-state index in [0.717, 1.165) is 22.3 Å². The minimum absolute atomic E-state index is 0.0671. The normalized spacial score (nSPS) is 14.7. The lowest BCUT2D eigenvalue weighted by molar-refractivity contribution is 0.104. The molecular formula is C19H18O4. The fourth-order valence-electron chi connectivity index (χ4n) is 2.90. The van der Waals surface area contributed by atoms with Crippen LogP contribution < -0.4 is 14.2 Å². The van der Waals surface area contributed by atoms with Crippen LogP contribution in [0, 0.1) is 0 Å². The number of methoxy groups -OCH3 is 3. The van der Waals surface area contributed by atoms with Crippen molar-refractivity contribution in [2.75, 3.05) is 21.3 Å². The molecule has 1 aliphatic rings. The molecule has 0 saturated carbocycles. The zero-order chi connectivity index (χ0) is 16.4. The monoisotopic (exact) mass is 310 g/mol. The molecular weight excluding hydrogens is 292 g/mol. The van der Waals surface area contributed by atoms with E-state index in [0.29, 0.717) is 23.7 Å². The van der Waals surface area contributed by atoms with Crippen LogP contribution in [-0.2, 0) is 6.42 Å². The number of ketones is 1. The van der Waals surface area contributed by atoms with Crippen LogP contribution in [0.3, 0.4) is 0 Å². The Morgan fingerprint density at radius 3 is 2.30 bits per heavy atom. The van der Waals surface area contributed by atoms with Crippen LogP contribution in [0.5, 0.6) is 17.2 Å². The number of carbonyl (C=O) groups excluding carboxylic acids is 1. The quantitative estimate of drug-likeness (QED) is 0.810. The van der Waals surface area contributed by atoms with Gasteiger partial charge in [-0.15, -0.1) is 0 Å². The van der Waals surface area contributed by atoms with E-state index in [1.807, 2.05) is 36.4 Å². The van der Waals surface area contributed by atoms with Gasteiger partial charge in [0.15, 0.2) is 17.3 Å². The highest BCUT2D eigenvalue weighted by Crippen LogP contribution is 2.41. The largest absolute Gasteiger partial charge is 0.493 e. The summed E-state index contributed by atoms with van der Waals surface area (Å²) in [5.74, 6) is 1.74. The van der Waals surface area contributed by atoms with Gasteiger partial charge in [-0.3, -0.25) is 4.79 Å². The van der Waals surface area contributed by atoms with Crippen LogP contribution in [-0.4, -0.2) is 27.1 Å². The standard InChI is InChI=1S/C19H18O4/c1-21-16-9-8-13(18(22-2)19(16)23-3)11-14-10-12-6-4-5-7-15(12)17(14)20/h4-9,11H,10H2,1-3H3. The lowest BCUT2D eigenvalue weighted by Gasteiger charge is -2.14. The zero-order valence-corrected chi connectivity index (χ0v) is 13.4. The van der Waals surface area contributed by atoms with Gasteiger partial charge in [0.25, 0.3) is 0 Å². The topological polar surface area (TPSA) is 44.8 Å². The van der Waals surface area contributed by atoms with Crippen molar-refractivity contribution >= 4 is 11.9 Å². The number of Topliss-reactive ketones (excluding diaryl/α,β-unsaturated/α-hetero) is 1. The van der Waals surface area contributed by atoms with Crippen molar-refractivity contribution in [3.05, 3.63) is 58.7 Å². The molecule has 0 bridgehead atoms. The summed E-state index contributed by atoms with van der Waals surface area (Å²) in [5.41, 5.74) is 3.37. The second-order valence-electron chi connectivity index (χ2n) is 5.26. The molecule has 0 aromatic heterocycles. The lowest BCUT2D eigenvalue weighted by atomic mass is 10.1. The van der Waals surface area contributed by atoms with Crippen molar-refractivity contribution in [3.8, 4) is 17.2 Å². The molecule has 23 heavy (non-hydrogen) atoms. The summed E-state index contributed by atoms with van der Waals surface area (Å²) in [6, 6.07) is 11.4. The number of fused-ring (bicyclic) bond motifs is 1. The second kappa shape index (κ2) is 6.16. The molecule has 1 aliphatic carbocycles. The first-order valence-electron chi connectivity index (χ1n) is 7.31. The molecule has 0 aliphatic heterocycles. The third-order valence-corrected chi connectivity index (χ3v) is 4.00. The molecule has 0 unspecified atom stereocenters. The van der Waals surface area contributed by atoms with Gasteiger partial charge in [-0.05, 0) is 23.8 Å². The van der Waals surface area contributed by atoms with E-state index >= 15 is 0 Å². The predicted octanol–water partition coefficient (Wildman–Crippen LogP) is 3.53. The van der Waals surface area contributed by atoms with Gasteiger partial charge < -0.3 is 14.2 Å². The van der Waals surface area contributed by atoms with Crippen LogP contribution in [0.15, 0.2) is 42.0 Å². The molecule has 0 atom stereocenters. The van der Waals surface area contributed by atoms with Gasteiger partial charge in [0.1, 0.15) is 0 Å². The Morgan fingerprint density at radius 1 is 0.913 bits per heavy atom. The maximum Gasteiger partial charge on any atom is 0.203 e. The fraction of sp³-hybridized carbons (Fsp3) is 0.211. The highest BCUT2D eigenvalue weighted by Gasteiger charge is 2.25. The number of rotatable bonds is 4. The van der Waals surface area contributed by atoms with Gasteiger partial charge in [-0.2, -0.15) is 0 Å². The Labute approximate surface area is 135 Å². The Kier molecular flexibility index (Phi) is 4.06. The number of hydrogen-bond donors (Lipinski definition) is 0. The molecule has 3 rings (SSSR count). The van der Waals surface area contributed by atoms with E-state index in [1.54, 1.807) is 27.4 Å². The van der Waals surface area contributed by atoms with E-state index < -0.39 is 0 Å². The van der Waals surface area contributed by atoms with Crippen molar-refractivity contribution in [1.29, 1.82) is 0 Å². The van der Waals surface area contributed by atoms with Crippen LogP contribution in [0.1, 0.15) is 21.5 Å². The van der Waals surface area contributed by atoms with Gasteiger partial charge in [0, 0.05) is 23.1 Å². The first-order valence-corrected chi connectivity index (χ1v) is 7.31. The Balaban J connectivity index is 2.06. The molecule has 2 aromatic carbocycles. The lowest BCUT2D eigenvalue weighted by Crippen LogP contribution is -1.99. The molecule has 0 spiro atoms. The minimum atomic E-state index is 0.0671. The van der Waals surface area contributed by atoms with Gasteiger partial charge in [-0.25, -0.2) is 0 Å². The van der Waals surface area contributed by atoms with E-state index in [1.165, 1.54) is 0 Å². The number of hydrogen-bond acceptors (Lipinski definition) is 4. The van der Waals surface area contributed by atoms with E-state index in [9.17, 15) is 4.79 Å². The summed E-state index contributed by atoms with van der Waals surface area (Å²) in [6.45, 7) is 0. The maximum atomic E-state index is 12.5. The van der Waals surface area contributed by atoms with Gasteiger partial charge in [-0.1, -0.05) is 24.3 Å². The Hall–Kier alpha value is -2.75. The summed E-state index contributed by atoms with van der Waals surface area (Å²) in [4.78, 5) is 12.5. The average Bonchev–Trinajstić information content (AvgIpc) is 2.90. The smallest absolute Gasteiger partial charge is 0.203 e. The molecule has 2 aromatic rings. The third-order valence-electron chi connectivity index (χ3n) is 4.00. The van der Waals surface area contributed by atoms with Crippen LogP contribution in [0.2, 0.25) is 0 Å². The number of allylic oxidation sites excluding steroid dienone is 1. The van der Waals surface area contributed by atoms with Crippen LogP contribution in [0.25, 0.3) is 6.08 Å². The number of benzene rings is 2. The molecule has 0 amide bonds. The highest BCUT2D eigenvalue weighted by molar-refractivity contribution is 6.15. The Morgan fingerprint density at radius 2 is 1.65 bits per heavy atom. The third kappa shape index (κ3) is 2.57. The molecule has 4 heteroatoms. The van der Waals surface area contributed by atoms with Crippen LogP contribution >= 0.6 is 0 Å². The Bertz CT molecular complexity index is 790. The second-order valence-corrected chi connectivity index (χ2v) is 5.26. The molecule has 0 radical (unpaired) electrons. The first-order chi connectivity index (χ1) is 11.2. The SMILES string of the molecule is COc1ccc(C=C2Cc3ccccc3C2=O)c(OC)c1OC. The first kappa shape index (κ1) is 15.2.